The second-order valence-electron chi connectivity index (χ2n) is 15.2. The standard InChI is InChI=1S/C31H52O5/c1-17(9-12-22(36-8)28(5,6)35)23-25(33)26(34)24-19-10-11-20-27(3,4)21(32)13-14-31(20)18(2)30(19,31)16-15-29(23,24)7/h17-25,32-33,35H,9-16H2,1-8H3/t17?,18-,19-,20?,21-,22-,23?,24?,25-,29+,30-,31?/m0/s1. The molecule has 5 aliphatic rings. The van der Waals surface area contributed by atoms with E-state index in [0.29, 0.717) is 24.2 Å². The molecular weight excluding hydrogens is 452 g/mol. The van der Waals surface area contributed by atoms with E-state index >= 15 is 0 Å². The molecule has 0 aliphatic heterocycles. The zero-order chi connectivity index (χ0) is 26.6. The summed E-state index contributed by atoms with van der Waals surface area (Å²) in [5, 5.41) is 32.8. The van der Waals surface area contributed by atoms with E-state index in [1.165, 1.54) is 0 Å². The molecule has 0 aromatic rings. The molecule has 12 atom stereocenters. The number of fused-ring (bicyclic) bond motifs is 2. The number of aliphatic hydroxyl groups excluding tert-OH is 2. The topological polar surface area (TPSA) is 87.0 Å². The smallest absolute Gasteiger partial charge is 0.165 e. The van der Waals surface area contributed by atoms with Crippen molar-refractivity contribution < 1.29 is 24.9 Å². The number of methoxy groups -OCH3 is 1. The lowest BCUT2D eigenvalue weighted by Gasteiger charge is -2.58. The van der Waals surface area contributed by atoms with Crippen LogP contribution in [0.5, 0.6) is 0 Å². The van der Waals surface area contributed by atoms with Crippen molar-refractivity contribution in [2.24, 2.45) is 57.2 Å². The van der Waals surface area contributed by atoms with E-state index in [1.807, 2.05) is 0 Å². The van der Waals surface area contributed by atoms with Crippen LogP contribution >= 0.6 is 0 Å². The fourth-order valence-electron chi connectivity index (χ4n) is 11.8. The van der Waals surface area contributed by atoms with Gasteiger partial charge in [-0.3, -0.25) is 4.79 Å². The maximum absolute atomic E-state index is 13.9. The molecule has 0 bridgehead atoms. The highest BCUT2D eigenvalue weighted by molar-refractivity contribution is 5.90. The van der Waals surface area contributed by atoms with Gasteiger partial charge in [0, 0.05) is 18.9 Å². The number of aliphatic hydroxyl groups is 3. The Bertz CT molecular complexity index is 892. The normalized spacial score (nSPS) is 51.0. The SMILES string of the molecule is CO[C@@H](CCC(C)C1[C@H](O)C(=O)C2[C@@H]3CCC4C(C)(C)[C@@H](O)CCC45[C@@H](C)[C@@]35CC[C@]12C)C(C)(C)O. The Kier molecular flexibility index (Phi) is 6.21. The third kappa shape index (κ3) is 3.18. The summed E-state index contributed by atoms with van der Waals surface area (Å²) in [5.41, 5.74) is -0.710. The van der Waals surface area contributed by atoms with Gasteiger partial charge in [0.05, 0.1) is 17.8 Å². The van der Waals surface area contributed by atoms with Crippen LogP contribution in [0.25, 0.3) is 0 Å². The first-order valence-electron chi connectivity index (χ1n) is 14.8. The second-order valence-corrected chi connectivity index (χ2v) is 15.2. The van der Waals surface area contributed by atoms with E-state index in [9.17, 15) is 20.1 Å². The van der Waals surface area contributed by atoms with E-state index in [-0.39, 0.29) is 57.4 Å². The Morgan fingerprint density at radius 1 is 1.03 bits per heavy atom. The van der Waals surface area contributed by atoms with Crippen molar-refractivity contribution in [2.45, 2.75) is 124 Å². The number of carbonyl (C=O) groups is 1. The molecular formula is C31H52O5. The van der Waals surface area contributed by atoms with Gasteiger partial charge >= 0.3 is 0 Å². The maximum Gasteiger partial charge on any atom is 0.165 e. The fraction of sp³-hybridized carbons (Fsp3) is 0.968. The molecule has 5 heteroatoms. The Morgan fingerprint density at radius 2 is 1.69 bits per heavy atom. The molecule has 0 saturated heterocycles. The summed E-state index contributed by atoms with van der Waals surface area (Å²) < 4.78 is 5.59. The van der Waals surface area contributed by atoms with Gasteiger partial charge in [-0.1, -0.05) is 34.6 Å². The summed E-state index contributed by atoms with van der Waals surface area (Å²) in [6, 6.07) is 0. The summed E-state index contributed by atoms with van der Waals surface area (Å²) in [6.45, 7) is 15.1. The minimum Gasteiger partial charge on any atom is -0.393 e. The third-order valence-corrected chi connectivity index (χ3v) is 13.4. The fourth-order valence-corrected chi connectivity index (χ4v) is 11.8. The molecule has 2 spiro atoms. The van der Waals surface area contributed by atoms with Gasteiger partial charge in [0.2, 0.25) is 0 Å². The molecule has 3 N–H and O–H groups in total. The lowest BCUT2D eigenvalue weighted by molar-refractivity contribution is -0.146. The molecule has 5 rings (SSSR count). The van der Waals surface area contributed by atoms with Crippen molar-refractivity contribution in [1.82, 2.24) is 0 Å². The highest BCUT2D eigenvalue weighted by atomic mass is 16.5. The van der Waals surface area contributed by atoms with Crippen LogP contribution < -0.4 is 0 Å². The lowest BCUT2D eigenvalue weighted by Crippen LogP contribution is -2.55. The number of ketones is 1. The Balaban J connectivity index is 1.42. The molecule has 5 nitrogen and oxygen atoms in total. The van der Waals surface area contributed by atoms with E-state index in [0.717, 1.165) is 44.9 Å². The largest absolute Gasteiger partial charge is 0.393 e. The summed E-state index contributed by atoms with van der Waals surface area (Å²) >= 11 is 0. The highest BCUT2D eigenvalue weighted by Gasteiger charge is 2.85. The minimum absolute atomic E-state index is 0.0426. The van der Waals surface area contributed by atoms with Crippen molar-refractivity contribution in [2.75, 3.05) is 7.11 Å². The van der Waals surface area contributed by atoms with Crippen LogP contribution in [-0.4, -0.2) is 52.1 Å². The molecule has 206 valence electrons. The molecule has 0 aromatic carbocycles. The zero-order valence-electron chi connectivity index (χ0n) is 24.0. The predicted molar refractivity (Wildman–Crippen MR) is 140 cm³/mol. The van der Waals surface area contributed by atoms with Gasteiger partial charge in [0.15, 0.2) is 5.78 Å². The summed E-state index contributed by atoms with van der Waals surface area (Å²) in [7, 11) is 1.65. The zero-order valence-corrected chi connectivity index (χ0v) is 24.0. The molecule has 5 fully saturated rings. The monoisotopic (exact) mass is 504 g/mol. The highest BCUT2D eigenvalue weighted by Crippen LogP contribution is 2.89. The average molecular weight is 505 g/mol. The first-order chi connectivity index (χ1) is 16.6. The molecule has 0 radical (unpaired) electrons. The molecule has 0 amide bonds. The Morgan fingerprint density at radius 3 is 2.31 bits per heavy atom. The first kappa shape index (κ1) is 27.1. The van der Waals surface area contributed by atoms with Gasteiger partial charge in [0.25, 0.3) is 0 Å². The van der Waals surface area contributed by atoms with Crippen LogP contribution in [0.2, 0.25) is 0 Å². The van der Waals surface area contributed by atoms with Gasteiger partial charge < -0.3 is 20.1 Å². The van der Waals surface area contributed by atoms with Crippen LogP contribution in [-0.2, 0) is 9.53 Å². The van der Waals surface area contributed by atoms with Crippen LogP contribution in [0.15, 0.2) is 0 Å². The van der Waals surface area contributed by atoms with Crippen molar-refractivity contribution in [1.29, 1.82) is 0 Å². The van der Waals surface area contributed by atoms with E-state index in [2.05, 4.69) is 34.6 Å². The molecule has 5 aliphatic carbocycles. The average Bonchev–Trinajstić information content (AvgIpc) is 3.24. The van der Waals surface area contributed by atoms with Crippen molar-refractivity contribution in [3.63, 3.8) is 0 Å². The van der Waals surface area contributed by atoms with E-state index in [1.54, 1.807) is 21.0 Å². The quantitative estimate of drug-likeness (QED) is 0.474. The molecule has 5 saturated carbocycles. The number of rotatable bonds is 6. The van der Waals surface area contributed by atoms with Crippen molar-refractivity contribution in [3.8, 4) is 0 Å². The van der Waals surface area contributed by atoms with Gasteiger partial charge in [-0.15, -0.1) is 0 Å². The molecule has 36 heavy (non-hydrogen) atoms. The lowest BCUT2D eigenvalue weighted by atomic mass is 9.46. The first-order valence-corrected chi connectivity index (χ1v) is 14.8. The van der Waals surface area contributed by atoms with Gasteiger partial charge in [-0.25, -0.2) is 0 Å². The number of hydrogen-bond donors (Lipinski definition) is 3. The summed E-state index contributed by atoms with van der Waals surface area (Å²) in [4.78, 5) is 13.9. The van der Waals surface area contributed by atoms with Crippen LogP contribution in [0.4, 0.5) is 0 Å². The molecule has 0 heterocycles. The number of Topliss-reactive ketones (excluding diaryl/α,β-unsaturated/α-hetero) is 1. The van der Waals surface area contributed by atoms with Crippen LogP contribution in [0, 0.1) is 57.2 Å². The van der Waals surface area contributed by atoms with Gasteiger partial charge in [-0.05, 0) is 111 Å². The minimum atomic E-state index is -0.918. The molecule has 0 aromatic heterocycles. The van der Waals surface area contributed by atoms with E-state index in [4.69, 9.17) is 4.74 Å². The Hall–Kier alpha value is -0.490. The van der Waals surface area contributed by atoms with Crippen LogP contribution in [0.3, 0.4) is 0 Å². The van der Waals surface area contributed by atoms with Crippen molar-refractivity contribution >= 4 is 5.78 Å². The number of hydrogen-bond acceptors (Lipinski definition) is 5. The Labute approximate surface area is 218 Å². The van der Waals surface area contributed by atoms with E-state index < -0.39 is 11.7 Å². The molecule has 5 unspecified atom stereocenters. The van der Waals surface area contributed by atoms with Crippen molar-refractivity contribution in [3.05, 3.63) is 0 Å². The van der Waals surface area contributed by atoms with Gasteiger partial charge in [-0.2, -0.15) is 0 Å². The second kappa shape index (κ2) is 8.26. The summed E-state index contributed by atoms with van der Waals surface area (Å²) in [6.07, 6.45) is 6.43. The number of ether oxygens (including phenoxy) is 1. The number of carbonyl (C=O) groups excluding carboxylic acids is 1. The van der Waals surface area contributed by atoms with Crippen LogP contribution in [0.1, 0.15) is 99.8 Å². The summed E-state index contributed by atoms with van der Waals surface area (Å²) in [5.74, 6) is 1.66. The maximum atomic E-state index is 13.9. The predicted octanol–water partition coefficient (Wildman–Crippen LogP) is 4.99. The van der Waals surface area contributed by atoms with Gasteiger partial charge in [0.1, 0.15) is 6.10 Å². The third-order valence-electron chi connectivity index (χ3n) is 13.4.